The molecule has 6 rings (SSSR count). The van der Waals surface area contributed by atoms with Gasteiger partial charge in [-0.15, -0.1) is 0 Å². The number of carboxylic acids is 1. The van der Waals surface area contributed by atoms with Crippen molar-refractivity contribution in [1.82, 2.24) is 0 Å². The van der Waals surface area contributed by atoms with Crippen molar-refractivity contribution in [2.24, 2.45) is 0 Å². The first-order chi connectivity index (χ1) is 24.3. The fraction of sp³-hybridized carbons (Fsp3) is 0.0714. The lowest BCUT2D eigenvalue weighted by Gasteiger charge is -2.19. The number of hydrogen-bond acceptors (Lipinski definition) is 5. The largest absolute Gasteiger partial charge is 0.480 e. The fourth-order valence-electron chi connectivity index (χ4n) is 5.46. The molecule has 0 fully saturated rings. The molecule has 248 valence electrons. The number of nitrogens with one attached hydrogen (secondary N) is 2. The number of aliphatic carboxylic acids is 1. The second kappa shape index (κ2) is 15.5. The number of ether oxygens (including phenoxy) is 1. The van der Waals surface area contributed by atoms with Crippen LogP contribution in [0.5, 0.6) is 11.5 Å². The van der Waals surface area contributed by atoms with Crippen LogP contribution in [0.4, 0.5) is 21.9 Å². The number of urea groups is 1. The van der Waals surface area contributed by atoms with E-state index in [9.17, 15) is 19.5 Å². The van der Waals surface area contributed by atoms with Gasteiger partial charge < -0.3 is 20.5 Å². The Morgan fingerprint density at radius 3 is 2.02 bits per heavy atom. The molecular formula is C42H35N3O5. The van der Waals surface area contributed by atoms with E-state index in [1.54, 1.807) is 79.8 Å². The highest BCUT2D eigenvalue weighted by Gasteiger charge is 2.21. The van der Waals surface area contributed by atoms with Crippen LogP contribution < -0.4 is 20.3 Å². The van der Waals surface area contributed by atoms with Crippen molar-refractivity contribution in [2.45, 2.75) is 12.5 Å². The minimum Gasteiger partial charge on any atom is -0.480 e. The second-order valence-electron chi connectivity index (χ2n) is 11.7. The van der Waals surface area contributed by atoms with Gasteiger partial charge in [0.1, 0.15) is 17.5 Å². The number of carbonyl (C=O) groups is 3. The van der Waals surface area contributed by atoms with Gasteiger partial charge in [-0.05, 0) is 77.4 Å². The summed E-state index contributed by atoms with van der Waals surface area (Å²) in [6.07, 6.45) is 0.200. The highest BCUT2D eigenvalue weighted by atomic mass is 16.5. The monoisotopic (exact) mass is 661 g/mol. The Labute approximate surface area is 290 Å². The van der Waals surface area contributed by atoms with E-state index in [4.69, 9.17) is 4.74 Å². The lowest BCUT2D eigenvalue weighted by atomic mass is 9.98. The Kier molecular flexibility index (Phi) is 10.3. The van der Waals surface area contributed by atoms with Gasteiger partial charge in [0.25, 0.3) is 0 Å². The first kappa shape index (κ1) is 33.2. The molecule has 2 amide bonds. The van der Waals surface area contributed by atoms with Crippen LogP contribution in [0, 0.1) is 0 Å². The van der Waals surface area contributed by atoms with Crippen molar-refractivity contribution < 1.29 is 24.2 Å². The summed E-state index contributed by atoms with van der Waals surface area (Å²) in [6.45, 7) is 0. The Balaban J connectivity index is 1.09. The highest BCUT2D eigenvalue weighted by Crippen LogP contribution is 2.27. The lowest BCUT2D eigenvalue weighted by molar-refractivity contribution is -0.137. The quantitative estimate of drug-likeness (QED) is 0.113. The topological polar surface area (TPSA) is 108 Å². The molecule has 0 saturated heterocycles. The van der Waals surface area contributed by atoms with Gasteiger partial charge in [-0.1, -0.05) is 97.1 Å². The number of nitrogens with zero attached hydrogens (tertiary/aromatic N) is 1. The number of amides is 2. The first-order valence-corrected chi connectivity index (χ1v) is 16.1. The van der Waals surface area contributed by atoms with E-state index in [2.05, 4.69) is 10.6 Å². The van der Waals surface area contributed by atoms with Crippen LogP contribution in [0.15, 0.2) is 158 Å². The maximum Gasteiger partial charge on any atom is 0.326 e. The molecule has 3 N–H and O–H groups in total. The van der Waals surface area contributed by atoms with Crippen LogP contribution in [0.25, 0.3) is 11.1 Å². The maximum absolute atomic E-state index is 13.2. The van der Waals surface area contributed by atoms with Crippen LogP contribution in [-0.4, -0.2) is 36.0 Å². The summed E-state index contributed by atoms with van der Waals surface area (Å²) >= 11 is 0. The summed E-state index contributed by atoms with van der Waals surface area (Å²) in [6, 6.07) is 46.5. The minimum absolute atomic E-state index is 0.184. The standard InChI is InChI=1S/C42H35N3O5/c1-45(42(49)43-33-23-25-36(26-24-33)50-35-15-6-3-7-16-35)34-14-10-13-32(28-34)30-21-19-29(20-22-30)27-39(41(47)48)44-38-18-9-8-17-37(38)40(46)31-11-4-2-5-12-31/h2-26,28,39,44H,27H2,1H3,(H,43,49)(H,47,48). The molecule has 8 nitrogen and oxygen atoms in total. The summed E-state index contributed by atoms with van der Waals surface area (Å²) in [5.41, 5.74) is 5.36. The average Bonchev–Trinajstić information content (AvgIpc) is 3.16. The fourth-order valence-corrected chi connectivity index (χ4v) is 5.46. The number of carbonyl (C=O) groups excluding carboxylic acids is 2. The van der Waals surface area contributed by atoms with Crippen LogP contribution >= 0.6 is 0 Å². The second-order valence-corrected chi connectivity index (χ2v) is 11.7. The van der Waals surface area contributed by atoms with E-state index in [0.29, 0.717) is 33.9 Å². The van der Waals surface area contributed by atoms with Gasteiger partial charge in [0.05, 0.1) is 0 Å². The number of hydrogen-bond donors (Lipinski definition) is 3. The normalized spacial score (nSPS) is 11.2. The Morgan fingerprint density at radius 1 is 0.680 bits per heavy atom. The number of para-hydroxylation sites is 2. The third kappa shape index (κ3) is 8.24. The van der Waals surface area contributed by atoms with Crippen molar-refractivity contribution in [3.63, 3.8) is 0 Å². The van der Waals surface area contributed by atoms with Crippen LogP contribution in [0.3, 0.4) is 0 Å². The third-order valence-electron chi connectivity index (χ3n) is 8.19. The summed E-state index contributed by atoms with van der Waals surface area (Å²) in [7, 11) is 1.70. The van der Waals surface area contributed by atoms with Crippen LogP contribution in [0.1, 0.15) is 21.5 Å². The molecular weight excluding hydrogens is 626 g/mol. The molecule has 0 spiro atoms. The van der Waals surface area contributed by atoms with Crippen LogP contribution in [-0.2, 0) is 11.2 Å². The molecule has 0 heterocycles. The zero-order chi connectivity index (χ0) is 34.9. The highest BCUT2D eigenvalue weighted by molar-refractivity contribution is 6.12. The number of anilines is 3. The lowest BCUT2D eigenvalue weighted by Crippen LogP contribution is -2.32. The van der Waals surface area contributed by atoms with Crippen molar-refractivity contribution in [3.8, 4) is 22.6 Å². The first-order valence-electron chi connectivity index (χ1n) is 16.1. The van der Waals surface area contributed by atoms with Gasteiger partial charge in [0, 0.05) is 41.7 Å². The van der Waals surface area contributed by atoms with Crippen molar-refractivity contribution >= 4 is 34.8 Å². The molecule has 50 heavy (non-hydrogen) atoms. The van der Waals surface area contributed by atoms with Crippen LogP contribution in [0.2, 0.25) is 0 Å². The van der Waals surface area contributed by atoms with E-state index in [-0.39, 0.29) is 18.2 Å². The Bertz CT molecular complexity index is 2080. The molecule has 1 unspecified atom stereocenters. The molecule has 0 aliphatic carbocycles. The zero-order valence-electron chi connectivity index (χ0n) is 27.3. The number of ketones is 1. The number of benzene rings is 6. The minimum atomic E-state index is -1.03. The predicted octanol–water partition coefficient (Wildman–Crippen LogP) is 9.15. The van der Waals surface area contributed by atoms with Crippen molar-refractivity contribution in [3.05, 3.63) is 174 Å². The molecule has 6 aromatic carbocycles. The molecule has 1 atom stereocenters. The number of carboxylic acid groups (broad SMARTS) is 1. The Hall–Kier alpha value is -6.67. The summed E-state index contributed by atoms with van der Waals surface area (Å²) < 4.78 is 5.83. The van der Waals surface area contributed by atoms with E-state index < -0.39 is 12.0 Å². The SMILES string of the molecule is CN(C(=O)Nc1ccc(Oc2ccccc2)cc1)c1cccc(-c2ccc(CC(Nc3ccccc3C(=O)c3ccccc3)C(=O)O)cc2)c1. The van der Waals surface area contributed by atoms with Gasteiger partial charge in [0.2, 0.25) is 0 Å². The van der Waals surface area contributed by atoms with Gasteiger partial charge >= 0.3 is 12.0 Å². The predicted molar refractivity (Wildman–Crippen MR) is 197 cm³/mol. The third-order valence-corrected chi connectivity index (χ3v) is 8.19. The van der Waals surface area contributed by atoms with E-state index >= 15 is 0 Å². The van der Waals surface area contributed by atoms with Crippen molar-refractivity contribution in [2.75, 3.05) is 22.6 Å². The van der Waals surface area contributed by atoms with Gasteiger partial charge in [0.15, 0.2) is 5.78 Å². The van der Waals surface area contributed by atoms with Crippen molar-refractivity contribution in [1.29, 1.82) is 0 Å². The molecule has 0 aromatic heterocycles. The van der Waals surface area contributed by atoms with Gasteiger partial charge in [-0.3, -0.25) is 9.69 Å². The zero-order valence-corrected chi connectivity index (χ0v) is 27.3. The molecule has 8 heteroatoms. The molecule has 0 aliphatic rings. The maximum atomic E-state index is 13.2. The van der Waals surface area contributed by atoms with E-state index in [0.717, 1.165) is 22.4 Å². The molecule has 0 radical (unpaired) electrons. The number of rotatable bonds is 12. The molecule has 0 saturated carbocycles. The smallest absolute Gasteiger partial charge is 0.326 e. The van der Waals surface area contributed by atoms with Gasteiger partial charge in [-0.2, -0.15) is 0 Å². The van der Waals surface area contributed by atoms with Gasteiger partial charge in [-0.25, -0.2) is 9.59 Å². The molecule has 0 aliphatic heterocycles. The molecule has 6 aromatic rings. The Morgan fingerprint density at radius 2 is 1.32 bits per heavy atom. The average molecular weight is 662 g/mol. The summed E-state index contributed by atoms with van der Waals surface area (Å²) in [5.74, 6) is 0.184. The van der Waals surface area contributed by atoms with E-state index in [1.165, 1.54) is 4.90 Å². The summed E-state index contributed by atoms with van der Waals surface area (Å²) in [5, 5.41) is 16.1. The van der Waals surface area contributed by atoms with E-state index in [1.807, 2.05) is 84.9 Å². The summed E-state index contributed by atoms with van der Waals surface area (Å²) in [4.78, 5) is 40.1. The molecule has 0 bridgehead atoms.